The second-order valence-electron chi connectivity index (χ2n) is 8.26. The summed E-state index contributed by atoms with van der Waals surface area (Å²) in [7, 11) is 1.65. The van der Waals surface area contributed by atoms with E-state index in [0.717, 1.165) is 5.56 Å². The Bertz CT molecular complexity index is 729. The molecule has 128 valence electrons. The maximum atomic E-state index is 13.0. The normalized spacial score (nSPS) is 12.1. The van der Waals surface area contributed by atoms with Gasteiger partial charge in [0.1, 0.15) is 5.75 Å². The van der Waals surface area contributed by atoms with Crippen LogP contribution in [0.5, 0.6) is 5.75 Å². The summed E-state index contributed by atoms with van der Waals surface area (Å²) in [5.74, 6) is 0.696. The van der Waals surface area contributed by atoms with E-state index in [-0.39, 0.29) is 16.6 Å². The molecule has 0 fully saturated rings. The molecule has 0 saturated heterocycles. The molecule has 0 aliphatic carbocycles. The molecule has 24 heavy (non-hydrogen) atoms. The summed E-state index contributed by atoms with van der Waals surface area (Å²) in [6.45, 7) is 13.1. The molecule has 0 unspecified atom stereocenters. The molecule has 0 atom stereocenters. The highest BCUT2D eigenvalue weighted by Crippen LogP contribution is 2.42. The number of ketones is 1. The number of carbonyl (C=O) groups excluding carboxylic acids is 1. The largest absolute Gasteiger partial charge is 0.496 e. The van der Waals surface area contributed by atoms with Crippen LogP contribution in [0.1, 0.15) is 68.6 Å². The first-order valence-corrected chi connectivity index (χ1v) is 8.39. The number of ether oxygens (including phenoxy) is 1. The number of rotatable bonds is 3. The third-order valence-corrected chi connectivity index (χ3v) is 4.20. The van der Waals surface area contributed by atoms with Gasteiger partial charge in [-0.3, -0.25) is 4.79 Å². The molecule has 0 spiro atoms. The Hall–Kier alpha value is -2.09. The fourth-order valence-electron chi connectivity index (χ4n) is 3.09. The monoisotopic (exact) mass is 324 g/mol. The van der Waals surface area contributed by atoms with Gasteiger partial charge in [0.2, 0.25) is 0 Å². The molecule has 0 radical (unpaired) electrons. The minimum atomic E-state index is -0.124. The minimum Gasteiger partial charge on any atom is -0.496 e. The summed E-state index contributed by atoms with van der Waals surface area (Å²) in [6, 6.07) is 13.4. The fraction of sp³-hybridized carbons (Fsp3) is 0.409. The van der Waals surface area contributed by atoms with Crippen LogP contribution in [-0.2, 0) is 10.8 Å². The van der Waals surface area contributed by atoms with E-state index in [1.165, 1.54) is 5.56 Å². The molecule has 2 heteroatoms. The molecule has 0 N–H and O–H groups in total. The summed E-state index contributed by atoms with van der Waals surface area (Å²) in [4.78, 5) is 13.0. The van der Waals surface area contributed by atoms with Crippen molar-refractivity contribution in [1.29, 1.82) is 0 Å². The molecule has 0 saturated carbocycles. The van der Waals surface area contributed by atoms with Crippen LogP contribution < -0.4 is 4.74 Å². The van der Waals surface area contributed by atoms with Gasteiger partial charge in [0.05, 0.1) is 12.7 Å². The van der Waals surface area contributed by atoms with Crippen molar-refractivity contribution in [1.82, 2.24) is 0 Å². The molecule has 0 aliphatic heterocycles. The molecule has 0 aliphatic rings. The van der Waals surface area contributed by atoms with Crippen LogP contribution >= 0.6 is 0 Å². The lowest BCUT2D eigenvalue weighted by Crippen LogP contribution is -2.24. The van der Waals surface area contributed by atoms with Gasteiger partial charge < -0.3 is 4.74 Å². The van der Waals surface area contributed by atoms with Crippen LogP contribution in [0.2, 0.25) is 0 Å². The van der Waals surface area contributed by atoms with Crippen molar-refractivity contribution in [3.63, 3.8) is 0 Å². The number of benzene rings is 2. The zero-order valence-electron chi connectivity index (χ0n) is 15.9. The zero-order valence-corrected chi connectivity index (χ0v) is 15.9. The first-order chi connectivity index (χ1) is 11.1. The Morgan fingerprint density at radius 3 is 1.88 bits per heavy atom. The van der Waals surface area contributed by atoms with E-state index < -0.39 is 0 Å². The first kappa shape index (κ1) is 18.3. The summed E-state index contributed by atoms with van der Waals surface area (Å²) >= 11 is 0. The summed E-state index contributed by atoms with van der Waals surface area (Å²) < 4.78 is 5.76. The van der Waals surface area contributed by atoms with Crippen LogP contribution in [0.4, 0.5) is 0 Å². The molecule has 2 rings (SSSR count). The highest BCUT2D eigenvalue weighted by molar-refractivity contribution is 6.11. The SMILES string of the molecule is COc1c(C(=O)c2ccccc2)ccc(C(C)(C)C)c1C(C)(C)C. The van der Waals surface area contributed by atoms with E-state index in [1.54, 1.807) is 7.11 Å². The first-order valence-electron chi connectivity index (χ1n) is 8.39. The summed E-state index contributed by atoms with van der Waals surface area (Å²) in [5.41, 5.74) is 3.49. The van der Waals surface area contributed by atoms with Gasteiger partial charge in [-0.25, -0.2) is 0 Å². The van der Waals surface area contributed by atoms with Crippen molar-refractivity contribution in [2.45, 2.75) is 52.4 Å². The smallest absolute Gasteiger partial charge is 0.196 e. The standard InChI is InChI=1S/C22H28O2/c1-21(2,3)17-14-13-16(19(23)15-11-9-8-10-12-15)20(24-7)18(17)22(4,5)6/h8-14H,1-7H3. The van der Waals surface area contributed by atoms with Gasteiger partial charge in [-0.05, 0) is 22.5 Å². The van der Waals surface area contributed by atoms with Gasteiger partial charge in [-0.2, -0.15) is 0 Å². The maximum absolute atomic E-state index is 13.0. The van der Waals surface area contributed by atoms with Crippen molar-refractivity contribution >= 4 is 5.78 Å². The van der Waals surface area contributed by atoms with Crippen molar-refractivity contribution < 1.29 is 9.53 Å². The van der Waals surface area contributed by atoms with Crippen molar-refractivity contribution in [3.05, 3.63) is 64.7 Å². The lowest BCUT2D eigenvalue weighted by atomic mass is 9.73. The average molecular weight is 324 g/mol. The molecule has 0 aromatic heterocycles. The van der Waals surface area contributed by atoms with E-state index in [2.05, 4.69) is 47.6 Å². The van der Waals surface area contributed by atoms with Gasteiger partial charge in [-0.15, -0.1) is 0 Å². The third kappa shape index (κ3) is 3.53. The van der Waals surface area contributed by atoms with Crippen LogP contribution in [-0.4, -0.2) is 12.9 Å². The minimum absolute atomic E-state index is 0.00147. The predicted octanol–water partition coefficient (Wildman–Crippen LogP) is 5.52. The Kier molecular flexibility index (Phi) is 4.89. The predicted molar refractivity (Wildman–Crippen MR) is 100 cm³/mol. The van der Waals surface area contributed by atoms with Gasteiger partial charge in [0.25, 0.3) is 0 Å². The lowest BCUT2D eigenvalue weighted by molar-refractivity contribution is 0.103. The Labute approximate surface area is 145 Å². The van der Waals surface area contributed by atoms with Crippen molar-refractivity contribution in [2.75, 3.05) is 7.11 Å². The van der Waals surface area contributed by atoms with Crippen LogP contribution in [0.3, 0.4) is 0 Å². The van der Waals surface area contributed by atoms with E-state index in [4.69, 9.17) is 4.74 Å². The topological polar surface area (TPSA) is 26.3 Å². The number of hydrogen-bond donors (Lipinski definition) is 0. The molecule has 0 amide bonds. The van der Waals surface area contributed by atoms with Gasteiger partial charge in [-0.1, -0.05) is 77.9 Å². The number of hydrogen-bond acceptors (Lipinski definition) is 2. The highest BCUT2D eigenvalue weighted by Gasteiger charge is 2.31. The quantitative estimate of drug-likeness (QED) is 0.695. The van der Waals surface area contributed by atoms with E-state index >= 15 is 0 Å². The molecule has 0 heterocycles. The maximum Gasteiger partial charge on any atom is 0.196 e. The second-order valence-corrected chi connectivity index (χ2v) is 8.26. The van der Waals surface area contributed by atoms with Crippen LogP contribution in [0, 0.1) is 0 Å². The number of carbonyl (C=O) groups is 1. The fourth-order valence-corrected chi connectivity index (χ4v) is 3.09. The molecule has 2 aromatic carbocycles. The van der Waals surface area contributed by atoms with Gasteiger partial charge in [0.15, 0.2) is 5.78 Å². The second kappa shape index (κ2) is 6.43. The molecule has 2 aromatic rings. The number of methoxy groups -OCH3 is 1. The van der Waals surface area contributed by atoms with E-state index in [9.17, 15) is 4.79 Å². The Balaban J connectivity index is 2.74. The van der Waals surface area contributed by atoms with Crippen molar-refractivity contribution in [3.8, 4) is 5.75 Å². The van der Waals surface area contributed by atoms with E-state index in [0.29, 0.717) is 16.9 Å². The molecule has 2 nitrogen and oxygen atoms in total. The molecule has 0 bridgehead atoms. The molecular weight excluding hydrogens is 296 g/mol. The summed E-state index contributed by atoms with van der Waals surface area (Å²) in [6.07, 6.45) is 0. The molecular formula is C22H28O2. The van der Waals surface area contributed by atoms with Gasteiger partial charge in [0, 0.05) is 11.1 Å². The van der Waals surface area contributed by atoms with E-state index in [1.807, 2.05) is 36.4 Å². The van der Waals surface area contributed by atoms with Crippen molar-refractivity contribution in [2.24, 2.45) is 0 Å². The zero-order chi connectivity index (χ0) is 18.1. The van der Waals surface area contributed by atoms with Crippen LogP contribution in [0.15, 0.2) is 42.5 Å². The summed E-state index contributed by atoms with van der Waals surface area (Å²) in [5, 5.41) is 0. The van der Waals surface area contributed by atoms with Gasteiger partial charge >= 0.3 is 0 Å². The Morgan fingerprint density at radius 2 is 1.42 bits per heavy atom. The Morgan fingerprint density at radius 1 is 0.833 bits per heavy atom. The third-order valence-electron chi connectivity index (χ3n) is 4.20. The lowest BCUT2D eigenvalue weighted by Gasteiger charge is -2.32. The average Bonchev–Trinajstić information content (AvgIpc) is 2.51. The van der Waals surface area contributed by atoms with Crippen LogP contribution in [0.25, 0.3) is 0 Å². The highest BCUT2D eigenvalue weighted by atomic mass is 16.5.